The third-order valence-corrected chi connectivity index (χ3v) is 3.95. The predicted octanol–water partition coefficient (Wildman–Crippen LogP) is 1.42. The van der Waals surface area contributed by atoms with Gasteiger partial charge in [0.25, 0.3) is 0 Å². The van der Waals surface area contributed by atoms with Gasteiger partial charge in [0, 0.05) is 38.4 Å². The molecule has 18 heavy (non-hydrogen) atoms. The van der Waals surface area contributed by atoms with Crippen molar-refractivity contribution in [2.45, 2.75) is 31.9 Å². The molecule has 3 rings (SSSR count). The van der Waals surface area contributed by atoms with E-state index in [4.69, 9.17) is 0 Å². The number of hydrogen-bond acceptors (Lipinski definition) is 4. The van der Waals surface area contributed by atoms with Crippen LogP contribution in [0.5, 0.6) is 0 Å². The maximum atomic E-state index is 9.62. The number of hydrogen-bond donors (Lipinski definition) is 1. The molecular formula is C14H21N3O. The first-order valence-electron chi connectivity index (χ1n) is 6.87. The molecule has 1 aliphatic heterocycles. The van der Waals surface area contributed by atoms with Gasteiger partial charge in [-0.05, 0) is 37.5 Å². The Balaban J connectivity index is 1.66. The van der Waals surface area contributed by atoms with Gasteiger partial charge in [0.05, 0.1) is 6.10 Å². The number of aliphatic hydroxyl groups is 1. The van der Waals surface area contributed by atoms with Gasteiger partial charge in [-0.3, -0.25) is 4.90 Å². The highest BCUT2D eigenvalue weighted by Crippen LogP contribution is 2.28. The average molecular weight is 247 g/mol. The lowest BCUT2D eigenvalue weighted by atomic mass is 10.1. The summed E-state index contributed by atoms with van der Waals surface area (Å²) in [7, 11) is 0. The van der Waals surface area contributed by atoms with Crippen LogP contribution < -0.4 is 4.90 Å². The van der Waals surface area contributed by atoms with Gasteiger partial charge in [-0.2, -0.15) is 0 Å². The Labute approximate surface area is 108 Å². The molecule has 1 aromatic rings. The van der Waals surface area contributed by atoms with Crippen molar-refractivity contribution in [3.8, 4) is 0 Å². The van der Waals surface area contributed by atoms with Gasteiger partial charge in [-0.25, -0.2) is 4.98 Å². The zero-order chi connectivity index (χ0) is 12.5. The van der Waals surface area contributed by atoms with Crippen molar-refractivity contribution in [2.24, 2.45) is 0 Å². The largest absolute Gasteiger partial charge is 0.389 e. The minimum Gasteiger partial charge on any atom is -0.389 e. The Hall–Kier alpha value is -1.13. The Morgan fingerprint density at radius 2 is 2.00 bits per heavy atom. The van der Waals surface area contributed by atoms with Gasteiger partial charge >= 0.3 is 0 Å². The fraction of sp³-hybridized carbons (Fsp3) is 0.643. The lowest BCUT2D eigenvalue weighted by Crippen LogP contribution is -2.47. The molecule has 1 saturated heterocycles. The molecule has 1 atom stereocenters. The smallest absolute Gasteiger partial charge is 0.128 e. The first-order valence-corrected chi connectivity index (χ1v) is 6.87. The summed E-state index contributed by atoms with van der Waals surface area (Å²) >= 11 is 0. The summed E-state index contributed by atoms with van der Waals surface area (Å²) in [5.41, 5.74) is 0.949. The maximum Gasteiger partial charge on any atom is 0.128 e. The molecule has 1 saturated carbocycles. The molecule has 0 unspecified atom stereocenters. The number of aliphatic hydroxyl groups excluding tert-OH is 1. The summed E-state index contributed by atoms with van der Waals surface area (Å²) in [6, 6.07) is 4.76. The van der Waals surface area contributed by atoms with Crippen molar-refractivity contribution in [1.82, 2.24) is 9.88 Å². The summed E-state index contributed by atoms with van der Waals surface area (Å²) in [5, 5.41) is 9.62. The second-order valence-corrected chi connectivity index (χ2v) is 5.38. The molecular weight excluding hydrogens is 226 g/mol. The molecule has 2 fully saturated rings. The molecule has 0 aromatic carbocycles. The van der Waals surface area contributed by atoms with E-state index in [0.717, 1.165) is 43.6 Å². The van der Waals surface area contributed by atoms with Gasteiger partial charge in [-0.15, -0.1) is 0 Å². The fourth-order valence-electron chi connectivity index (χ4n) is 2.62. The SMILES string of the molecule is C[C@@H](O)c1ccnc(N2CCN(C3CC3)CC2)c1. The highest BCUT2D eigenvalue weighted by Gasteiger charge is 2.31. The fourth-order valence-corrected chi connectivity index (χ4v) is 2.62. The van der Waals surface area contributed by atoms with Crippen molar-refractivity contribution in [3.63, 3.8) is 0 Å². The molecule has 1 N–H and O–H groups in total. The molecule has 2 aliphatic rings. The van der Waals surface area contributed by atoms with Gasteiger partial charge in [-0.1, -0.05) is 0 Å². The highest BCUT2D eigenvalue weighted by atomic mass is 16.3. The van der Waals surface area contributed by atoms with Crippen LogP contribution in [0.3, 0.4) is 0 Å². The lowest BCUT2D eigenvalue weighted by Gasteiger charge is -2.35. The van der Waals surface area contributed by atoms with Gasteiger partial charge in [0.1, 0.15) is 5.82 Å². The summed E-state index contributed by atoms with van der Waals surface area (Å²) in [5.74, 6) is 1.00. The lowest BCUT2D eigenvalue weighted by molar-refractivity contribution is 0.199. The van der Waals surface area contributed by atoms with E-state index >= 15 is 0 Å². The van der Waals surface area contributed by atoms with E-state index in [1.165, 1.54) is 12.8 Å². The molecule has 1 aromatic heterocycles. The Morgan fingerprint density at radius 1 is 1.28 bits per heavy atom. The number of rotatable bonds is 3. The summed E-state index contributed by atoms with van der Waals surface area (Å²) in [4.78, 5) is 9.34. The molecule has 4 nitrogen and oxygen atoms in total. The molecule has 0 amide bonds. The van der Waals surface area contributed by atoms with Crippen LogP contribution in [-0.4, -0.2) is 47.2 Å². The monoisotopic (exact) mass is 247 g/mol. The van der Waals surface area contributed by atoms with Crippen molar-refractivity contribution >= 4 is 5.82 Å². The summed E-state index contributed by atoms with van der Waals surface area (Å²) in [6.07, 6.45) is 4.15. The molecule has 98 valence electrons. The molecule has 0 radical (unpaired) electrons. The van der Waals surface area contributed by atoms with E-state index in [-0.39, 0.29) is 0 Å². The number of anilines is 1. The Kier molecular flexibility index (Phi) is 3.22. The topological polar surface area (TPSA) is 39.6 Å². The Morgan fingerprint density at radius 3 is 2.61 bits per heavy atom. The molecule has 4 heteroatoms. The van der Waals surface area contributed by atoms with Crippen LogP contribution in [0, 0.1) is 0 Å². The van der Waals surface area contributed by atoms with Crippen molar-refractivity contribution in [2.75, 3.05) is 31.1 Å². The number of pyridine rings is 1. The van der Waals surface area contributed by atoms with Crippen LogP contribution in [0.15, 0.2) is 18.3 Å². The van der Waals surface area contributed by atoms with Crippen LogP contribution in [-0.2, 0) is 0 Å². The van der Waals surface area contributed by atoms with E-state index < -0.39 is 6.10 Å². The van der Waals surface area contributed by atoms with Crippen LogP contribution in [0.4, 0.5) is 5.82 Å². The second-order valence-electron chi connectivity index (χ2n) is 5.38. The summed E-state index contributed by atoms with van der Waals surface area (Å²) in [6.45, 7) is 6.18. The average Bonchev–Trinajstić information content (AvgIpc) is 3.23. The standard InChI is InChI=1S/C14H21N3O/c1-11(18)12-4-5-15-14(10-12)17-8-6-16(7-9-17)13-2-3-13/h4-5,10-11,13,18H,2-3,6-9H2,1H3/t11-/m1/s1. The van der Waals surface area contributed by atoms with E-state index in [1.54, 1.807) is 13.1 Å². The number of nitrogens with zero attached hydrogens (tertiary/aromatic N) is 3. The third kappa shape index (κ3) is 2.49. The summed E-state index contributed by atoms with van der Waals surface area (Å²) < 4.78 is 0. The maximum absolute atomic E-state index is 9.62. The van der Waals surface area contributed by atoms with Crippen LogP contribution in [0.2, 0.25) is 0 Å². The molecule has 2 heterocycles. The molecule has 0 bridgehead atoms. The van der Waals surface area contributed by atoms with Crippen LogP contribution in [0.1, 0.15) is 31.4 Å². The van der Waals surface area contributed by atoms with Crippen molar-refractivity contribution in [1.29, 1.82) is 0 Å². The third-order valence-electron chi connectivity index (χ3n) is 3.95. The highest BCUT2D eigenvalue weighted by molar-refractivity contribution is 5.42. The van der Waals surface area contributed by atoms with Crippen LogP contribution in [0.25, 0.3) is 0 Å². The van der Waals surface area contributed by atoms with E-state index in [1.807, 2.05) is 12.1 Å². The number of aromatic nitrogens is 1. The predicted molar refractivity (Wildman–Crippen MR) is 71.7 cm³/mol. The minimum atomic E-state index is -0.417. The zero-order valence-electron chi connectivity index (χ0n) is 10.9. The van der Waals surface area contributed by atoms with Gasteiger partial charge in [0.15, 0.2) is 0 Å². The van der Waals surface area contributed by atoms with E-state index in [2.05, 4.69) is 14.8 Å². The first-order chi connectivity index (χ1) is 8.74. The zero-order valence-corrected chi connectivity index (χ0v) is 10.9. The number of piperazine rings is 1. The Bertz CT molecular complexity index is 409. The quantitative estimate of drug-likeness (QED) is 0.877. The second kappa shape index (κ2) is 4.86. The van der Waals surface area contributed by atoms with Gasteiger partial charge < -0.3 is 10.0 Å². The van der Waals surface area contributed by atoms with E-state index in [0.29, 0.717) is 0 Å². The normalized spacial score (nSPS) is 23.1. The van der Waals surface area contributed by atoms with Crippen molar-refractivity contribution < 1.29 is 5.11 Å². The minimum absolute atomic E-state index is 0.417. The van der Waals surface area contributed by atoms with E-state index in [9.17, 15) is 5.11 Å². The molecule has 0 spiro atoms. The first kappa shape index (κ1) is 11.9. The van der Waals surface area contributed by atoms with Crippen LogP contribution >= 0.6 is 0 Å². The van der Waals surface area contributed by atoms with Crippen molar-refractivity contribution in [3.05, 3.63) is 23.9 Å². The molecule has 1 aliphatic carbocycles. The van der Waals surface area contributed by atoms with Gasteiger partial charge in [0.2, 0.25) is 0 Å².